The second-order valence-electron chi connectivity index (χ2n) is 4.90. The van der Waals surface area contributed by atoms with E-state index in [0.29, 0.717) is 6.54 Å². The third kappa shape index (κ3) is 3.46. The lowest BCUT2D eigenvalue weighted by Gasteiger charge is -2.19. The number of nitrogens with one attached hydrogen (secondary N) is 1. The summed E-state index contributed by atoms with van der Waals surface area (Å²) in [7, 11) is 0. The van der Waals surface area contributed by atoms with E-state index in [4.69, 9.17) is 0 Å². The number of hydrogen-bond donors (Lipinski definition) is 1. The Morgan fingerprint density at radius 2 is 2.09 bits per heavy atom. The lowest BCUT2D eigenvalue weighted by molar-refractivity contribution is -0.141. The minimum absolute atomic E-state index is 0.00310. The van der Waals surface area contributed by atoms with Gasteiger partial charge in [-0.3, -0.25) is 19.6 Å². The summed E-state index contributed by atoms with van der Waals surface area (Å²) < 4.78 is 38.3. The van der Waals surface area contributed by atoms with Crippen LogP contribution in [0.25, 0.3) is 5.57 Å². The van der Waals surface area contributed by atoms with Crippen LogP contribution >= 0.6 is 0 Å². The van der Waals surface area contributed by atoms with Gasteiger partial charge in [-0.1, -0.05) is 0 Å². The molecule has 1 aliphatic heterocycles. The molecular formula is C15H14F3N3O2. The molecule has 8 heteroatoms. The highest BCUT2D eigenvalue weighted by atomic mass is 19.4. The number of Topliss-reactive ketones (excluding diaryl/α,β-unsaturated/α-hetero) is 1. The third-order valence-corrected chi connectivity index (χ3v) is 3.28. The average Bonchev–Trinajstić information content (AvgIpc) is 2.47. The second kappa shape index (κ2) is 6.31. The molecule has 0 fully saturated rings. The molecule has 0 bridgehead atoms. The summed E-state index contributed by atoms with van der Waals surface area (Å²) in [6, 6.07) is 2.08. The maximum atomic E-state index is 12.8. The molecule has 2 heterocycles. The Labute approximate surface area is 130 Å². The van der Waals surface area contributed by atoms with E-state index in [9.17, 15) is 22.8 Å². The van der Waals surface area contributed by atoms with Crippen LogP contribution in [0.1, 0.15) is 25.1 Å². The van der Waals surface area contributed by atoms with Crippen LogP contribution in [-0.2, 0) is 15.8 Å². The largest absolute Gasteiger partial charge is 0.433 e. The van der Waals surface area contributed by atoms with E-state index in [2.05, 4.69) is 15.3 Å². The summed E-state index contributed by atoms with van der Waals surface area (Å²) in [4.78, 5) is 31.6. The normalized spacial score (nSPS) is 18.3. The van der Waals surface area contributed by atoms with Crippen LogP contribution in [0, 0.1) is 5.92 Å². The molecule has 1 amide bonds. The molecule has 0 saturated carbocycles. The number of aliphatic imine (C=N–C) groups is 1. The Hall–Kier alpha value is -2.51. The number of aromatic nitrogens is 1. The van der Waals surface area contributed by atoms with Crippen molar-refractivity contribution in [2.75, 3.05) is 6.54 Å². The summed E-state index contributed by atoms with van der Waals surface area (Å²) in [5.74, 6) is -2.25. The molecule has 122 valence electrons. The van der Waals surface area contributed by atoms with E-state index in [0.717, 1.165) is 12.3 Å². The molecular weight excluding hydrogens is 311 g/mol. The van der Waals surface area contributed by atoms with E-state index in [1.807, 2.05) is 0 Å². The minimum Gasteiger partial charge on any atom is -0.355 e. The molecule has 1 N–H and O–H groups in total. The Bertz CT molecular complexity index is 708. The van der Waals surface area contributed by atoms with Crippen LogP contribution in [0.15, 0.2) is 29.0 Å². The summed E-state index contributed by atoms with van der Waals surface area (Å²) in [5, 5.41) is 2.50. The number of ketones is 1. The fourth-order valence-electron chi connectivity index (χ4n) is 2.22. The molecule has 0 saturated heterocycles. The summed E-state index contributed by atoms with van der Waals surface area (Å²) >= 11 is 0. The van der Waals surface area contributed by atoms with Crippen LogP contribution in [0.5, 0.6) is 0 Å². The van der Waals surface area contributed by atoms with Gasteiger partial charge < -0.3 is 5.32 Å². The van der Waals surface area contributed by atoms with E-state index >= 15 is 0 Å². The van der Waals surface area contributed by atoms with Crippen molar-refractivity contribution in [1.29, 1.82) is 0 Å². The van der Waals surface area contributed by atoms with Crippen molar-refractivity contribution in [3.8, 4) is 0 Å². The SMILES string of the molecule is CCNC(=O)C1C=NC(C)=C(c2ccnc(C(F)(F)F)c2)C1=O. The molecule has 0 spiro atoms. The summed E-state index contributed by atoms with van der Waals surface area (Å²) in [5.41, 5.74) is -0.806. The zero-order valence-corrected chi connectivity index (χ0v) is 12.4. The van der Waals surface area contributed by atoms with Gasteiger partial charge in [0, 0.05) is 30.2 Å². The van der Waals surface area contributed by atoms with Crippen LogP contribution < -0.4 is 5.32 Å². The maximum absolute atomic E-state index is 12.8. The quantitative estimate of drug-likeness (QED) is 0.866. The predicted molar refractivity (Wildman–Crippen MR) is 77.5 cm³/mol. The highest BCUT2D eigenvalue weighted by Gasteiger charge is 2.35. The number of carbonyl (C=O) groups excluding carboxylic acids is 2. The molecule has 1 aromatic rings. The van der Waals surface area contributed by atoms with Gasteiger partial charge in [-0.25, -0.2) is 0 Å². The Balaban J connectivity index is 2.44. The lowest BCUT2D eigenvalue weighted by atomic mass is 9.89. The fraction of sp³-hybridized carbons (Fsp3) is 0.333. The molecule has 1 unspecified atom stereocenters. The molecule has 23 heavy (non-hydrogen) atoms. The van der Waals surface area contributed by atoms with Crippen LogP contribution in [-0.4, -0.2) is 29.4 Å². The predicted octanol–water partition coefficient (Wildman–Crippen LogP) is 2.24. The van der Waals surface area contributed by atoms with Crippen LogP contribution in [0.4, 0.5) is 13.2 Å². The highest BCUT2D eigenvalue weighted by molar-refractivity contribution is 6.34. The molecule has 1 aliphatic rings. The van der Waals surface area contributed by atoms with Gasteiger partial charge in [0.05, 0.1) is 0 Å². The minimum atomic E-state index is -4.62. The second-order valence-corrected chi connectivity index (χ2v) is 4.90. The van der Waals surface area contributed by atoms with E-state index < -0.39 is 29.5 Å². The van der Waals surface area contributed by atoms with Gasteiger partial charge in [-0.05, 0) is 31.5 Å². The Morgan fingerprint density at radius 3 is 2.70 bits per heavy atom. The van der Waals surface area contributed by atoms with Crippen LogP contribution in [0.2, 0.25) is 0 Å². The molecule has 2 rings (SSSR count). The zero-order valence-electron chi connectivity index (χ0n) is 12.4. The smallest absolute Gasteiger partial charge is 0.355 e. The Morgan fingerprint density at radius 1 is 1.39 bits per heavy atom. The number of allylic oxidation sites excluding steroid dienone is 2. The standard InChI is InChI=1S/C15H14F3N3O2/c1-3-19-14(23)10-7-21-8(2)12(13(10)22)9-4-5-20-11(6-9)15(16,17)18/h4-7,10H,3H2,1-2H3,(H,19,23). The molecule has 1 aromatic heterocycles. The van der Waals surface area contributed by atoms with Crippen LogP contribution in [0.3, 0.4) is 0 Å². The molecule has 0 radical (unpaired) electrons. The average molecular weight is 325 g/mol. The van der Waals surface area contributed by atoms with E-state index in [-0.39, 0.29) is 16.8 Å². The first-order valence-electron chi connectivity index (χ1n) is 6.86. The van der Waals surface area contributed by atoms with Crippen molar-refractivity contribution < 1.29 is 22.8 Å². The van der Waals surface area contributed by atoms with Crippen molar-refractivity contribution in [2.45, 2.75) is 20.0 Å². The molecule has 0 aliphatic carbocycles. The van der Waals surface area contributed by atoms with Crippen molar-refractivity contribution in [2.24, 2.45) is 10.9 Å². The lowest BCUT2D eigenvalue weighted by Crippen LogP contribution is -2.38. The monoisotopic (exact) mass is 325 g/mol. The van der Waals surface area contributed by atoms with Gasteiger partial charge in [0.2, 0.25) is 5.91 Å². The number of halogens is 3. The molecule has 1 atom stereocenters. The number of rotatable bonds is 3. The molecule has 5 nitrogen and oxygen atoms in total. The summed E-state index contributed by atoms with van der Waals surface area (Å²) in [6.07, 6.45) is -2.44. The zero-order chi connectivity index (χ0) is 17.2. The van der Waals surface area contributed by atoms with Gasteiger partial charge in [-0.15, -0.1) is 0 Å². The highest BCUT2D eigenvalue weighted by Crippen LogP contribution is 2.32. The van der Waals surface area contributed by atoms with Gasteiger partial charge >= 0.3 is 6.18 Å². The van der Waals surface area contributed by atoms with Gasteiger partial charge in [0.1, 0.15) is 11.6 Å². The van der Waals surface area contributed by atoms with Crippen molar-refractivity contribution in [1.82, 2.24) is 10.3 Å². The number of carbonyl (C=O) groups is 2. The van der Waals surface area contributed by atoms with E-state index in [1.54, 1.807) is 6.92 Å². The third-order valence-electron chi connectivity index (χ3n) is 3.28. The number of amides is 1. The number of alkyl halides is 3. The van der Waals surface area contributed by atoms with Crippen molar-refractivity contribution in [3.05, 3.63) is 35.3 Å². The summed E-state index contributed by atoms with van der Waals surface area (Å²) in [6.45, 7) is 3.54. The number of pyridine rings is 1. The van der Waals surface area contributed by atoms with Crippen molar-refractivity contribution >= 4 is 23.5 Å². The first-order valence-corrected chi connectivity index (χ1v) is 6.86. The Kier molecular flexibility index (Phi) is 4.63. The van der Waals surface area contributed by atoms with Gasteiger partial charge in [0.15, 0.2) is 5.78 Å². The first-order chi connectivity index (χ1) is 10.8. The number of nitrogens with zero attached hydrogens (tertiary/aromatic N) is 2. The number of hydrogen-bond acceptors (Lipinski definition) is 4. The molecule has 0 aromatic carbocycles. The topological polar surface area (TPSA) is 71.4 Å². The van der Waals surface area contributed by atoms with E-state index in [1.165, 1.54) is 19.2 Å². The van der Waals surface area contributed by atoms with Gasteiger partial charge in [0.25, 0.3) is 0 Å². The maximum Gasteiger partial charge on any atom is 0.433 e. The fourth-order valence-corrected chi connectivity index (χ4v) is 2.22. The first kappa shape index (κ1) is 16.9. The van der Waals surface area contributed by atoms with Gasteiger partial charge in [-0.2, -0.15) is 13.2 Å². The van der Waals surface area contributed by atoms with Crippen molar-refractivity contribution in [3.63, 3.8) is 0 Å².